The van der Waals surface area contributed by atoms with E-state index in [1.54, 1.807) is 19.1 Å². The number of carbonyl (C=O) groups is 1. The molecule has 0 aliphatic carbocycles. The number of fused-ring (bicyclic) bond motifs is 1. The molecule has 1 amide bonds. The topological polar surface area (TPSA) is 80.9 Å². The SMILES string of the molecule is Cc1c(C(N)=O)sc2ncnc(Nc3ccc(F)cc3)c12. The Bertz CT molecular complexity index is 829. The van der Waals surface area contributed by atoms with E-state index in [4.69, 9.17) is 5.73 Å². The van der Waals surface area contributed by atoms with Gasteiger partial charge in [0.05, 0.1) is 10.3 Å². The van der Waals surface area contributed by atoms with E-state index in [0.717, 1.165) is 10.9 Å². The Morgan fingerprint density at radius 1 is 1.29 bits per heavy atom. The molecule has 0 saturated carbocycles. The summed E-state index contributed by atoms with van der Waals surface area (Å²) in [5.41, 5.74) is 6.80. The van der Waals surface area contributed by atoms with Gasteiger partial charge in [0.15, 0.2) is 0 Å². The molecule has 3 N–H and O–H groups in total. The first-order valence-corrected chi connectivity index (χ1v) is 6.94. The fourth-order valence-corrected chi connectivity index (χ4v) is 3.07. The fraction of sp³-hybridized carbons (Fsp3) is 0.0714. The van der Waals surface area contributed by atoms with Crippen LogP contribution in [0.5, 0.6) is 0 Å². The molecule has 0 saturated heterocycles. The summed E-state index contributed by atoms with van der Waals surface area (Å²) in [4.78, 5) is 20.9. The van der Waals surface area contributed by atoms with Crippen molar-refractivity contribution < 1.29 is 9.18 Å². The van der Waals surface area contributed by atoms with Crippen LogP contribution in [-0.2, 0) is 0 Å². The summed E-state index contributed by atoms with van der Waals surface area (Å²) in [6.07, 6.45) is 1.41. The number of halogens is 1. The van der Waals surface area contributed by atoms with Gasteiger partial charge in [-0.3, -0.25) is 4.79 Å². The number of thiophene rings is 1. The Balaban J connectivity index is 2.10. The number of nitrogens with zero attached hydrogens (tertiary/aromatic N) is 2. The van der Waals surface area contributed by atoms with Gasteiger partial charge in [-0.1, -0.05) is 0 Å². The summed E-state index contributed by atoms with van der Waals surface area (Å²) in [7, 11) is 0. The summed E-state index contributed by atoms with van der Waals surface area (Å²) in [5.74, 6) is -0.229. The Morgan fingerprint density at radius 3 is 2.67 bits per heavy atom. The smallest absolute Gasteiger partial charge is 0.259 e. The number of nitrogens with two attached hydrogens (primary N) is 1. The number of aromatic nitrogens is 2. The summed E-state index contributed by atoms with van der Waals surface area (Å²) < 4.78 is 12.9. The van der Waals surface area contributed by atoms with Gasteiger partial charge >= 0.3 is 0 Å². The average Bonchev–Trinajstić information content (AvgIpc) is 2.80. The molecular formula is C14H11FN4OS. The maximum absolute atomic E-state index is 12.9. The molecule has 0 bridgehead atoms. The van der Waals surface area contributed by atoms with Gasteiger partial charge in [-0.25, -0.2) is 14.4 Å². The van der Waals surface area contributed by atoms with Crippen molar-refractivity contribution in [3.63, 3.8) is 0 Å². The van der Waals surface area contributed by atoms with E-state index in [-0.39, 0.29) is 5.82 Å². The second-order valence-electron chi connectivity index (χ2n) is 4.45. The monoisotopic (exact) mass is 302 g/mol. The summed E-state index contributed by atoms with van der Waals surface area (Å²) in [6.45, 7) is 1.80. The third-order valence-corrected chi connectivity index (χ3v) is 4.27. The van der Waals surface area contributed by atoms with Gasteiger partial charge in [-0.15, -0.1) is 11.3 Å². The molecule has 3 aromatic rings. The van der Waals surface area contributed by atoms with Gasteiger partial charge in [0, 0.05) is 5.69 Å². The molecule has 3 rings (SSSR count). The molecule has 5 nitrogen and oxygen atoms in total. The maximum Gasteiger partial charge on any atom is 0.259 e. The van der Waals surface area contributed by atoms with Gasteiger partial charge in [0.1, 0.15) is 22.8 Å². The van der Waals surface area contributed by atoms with Crippen molar-refractivity contribution >= 4 is 39.0 Å². The predicted octanol–water partition coefficient (Wildman–Crippen LogP) is 2.98. The molecule has 1 aromatic carbocycles. The molecule has 106 valence electrons. The van der Waals surface area contributed by atoms with E-state index in [1.807, 2.05) is 0 Å². The van der Waals surface area contributed by atoms with Gasteiger partial charge in [-0.05, 0) is 36.8 Å². The molecule has 21 heavy (non-hydrogen) atoms. The number of hydrogen-bond acceptors (Lipinski definition) is 5. The molecule has 0 fully saturated rings. The van der Waals surface area contributed by atoms with E-state index in [1.165, 1.54) is 29.8 Å². The molecule has 2 aromatic heterocycles. The lowest BCUT2D eigenvalue weighted by Crippen LogP contribution is -2.09. The molecule has 2 heterocycles. The van der Waals surface area contributed by atoms with Crippen molar-refractivity contribution in [1.82, 2.24) is 9.97 Å². The van der Waals surface area contributed by atoms with Crippen molar-refractivity contribution in [2.24, 2.45) is 5.73 Å². The summed E-state index contributed by atoms with van der Waals surface area (Å²) >= 11 is 1.23. The van der Waals surface area contributed by atoms with Gasteiger partial charge in [0.25, 0.3) is 5.91 Å². The maximum atomic E-state index is 12.9. The number of hydrogen-bond donors (Lipinski definition) is 2. The lowest BCUT2D eigenvalue weighted by Gasteiger charge is -2.07. The molecular weight excluding hydrogens is 291 g/mol. The zero-order valence-electron chi connectivity index (χ0n) is 11.1. The fourth-order valence-electron chi connectivity index (χ4n) is 2.07. The number of aryl methyl sites for hydroxylation is 1. The quantitative estimate of drug-likeness (QED) is 0.779. The van der Waals surface area contributed by atoms with Crippen LogP contribution in [0, 0.1) is 12.7 Å². The van der Waals surface area contributed by atoms with Crippen LogP contribution in [0.4, 0.5) is 15.9 Å². The number of rotatable bonds is 3. The van der Waals surface area contributed by atoms with Crippen LogP contribution in [-0.4, -0.2) is 15.9 Å². The van der Waals surface area contributed by atoms with E-state index in [0.29, 0.717) is 21.2 Å². The van der Waals surface area contributed by atoms with E-state index in [2.05, 4.69) is 15.3 Å². The first-order chi connectivity index (χ1) is 10.1. The number of amides is 1. The first-order valence-electron chi connectivity index (χ1n) is 6.13. The Hall–Kier alpha value is -2.54. The highest BCUT2D eigenvalue weighted by atomic mass is 32.1. The van der Waals surface area contributed by atoms with Crippen molar-refractivity contribution in [3.8, 4) is 0 Å². The molecule has 0 spiro atoms. The third-order valence-electron chi connectivity index (χ3n) is 3.06. The van der Waals surface area contributed by atoms with Crippen LogP contribution in [0.1, 0.15) is 15.2 Å². The van der Waals surface area contributed by atoms with Crippen molar-refractivity contribution in [2.75, 3.05) is 5.32 Å². The highest BCUT2D eigenvalue weighted by molar-refractivity contribution is 7.20. The Morgan fingerprint density at radius 2 is 2.00 bits per heavy atom. The van der Waals surface area contributed by atoms with E-state index >= 15 is 0 Å². The zero-order chi connectivity index (χ0) is 15.0. The Labute approximate surface area is 123 Å². The molecule has 0 atom stereocenters. The second kappa shape index (κ2) is 5.10. The van der Waals surface area contributed by atoms with Gasteiger partial charge in [0.2, 0.25) is 0 Å². The molecule has 0 radical (unpaired) electrons. The Kier molecular flexibility index (Phi) is 3.26. The van der Waals surface area contributed by atoms with Gasteiger partial charge < -0.3 is 11.1 Å². The third kappa shape index (κ3) is 2.43. The van der Waals surface area contributed by atoms with E-state index < -0.39 is 5.91 Å². The molecule has 7 heteroatoms. The lowest BCUT2D eigenvalue weighted by atomic mass is 10.2. The number of nitrogens with one attached hydrogen (secondary N) is 1. The second-order valence-corrected chi connectivity index (χ2v) is 5.45. The van der Waals surface area contributed by atoms with E-state index in [9.17, 15) is 9.18 Å². The minimum absolute atomic E-state index is 0.309. The van der Waals surface area contributed by atoms with Crippen molar-refractivity contribution in [3.05, 3.63) is 46.9 Å². The molecule has 0 aliphatic rings. The zero-order valence-corrected chi connectivity index (χ0v) is 11.9. The van der Waals surface area contributed by atoms with Crippen molar-refractivity contribution in [1.29, 1.82) is 0 Å². The first kappa shape index (κ1) is 13.4. The normalized spacial score (nSPS) is 10.8. The van der Waals surface area contributed by atoms with Crippen LogP contribution >= 0.6 is 11.3 Å². The minimum Gasteiger partial charge on any atom is -0.365 e. The van der Waals surface area contributed by atoms with Crippen LogP contribution in [0.3, 0.4) is 0 Å². The average molecular weight is 302 g/mol. The van der Waals surface area contributed by atoms with Crippen molar-refractivity contribution in [2.45, 2.75) is 6.92 Å². The van der Waals surface area contributed by atoms with Crippen LogP contribution in [0.25, 0.3) is 10.2 Å². The summed E-state index contributed by atoms with van der Waals surface area (Å²) in [6, 6.07) is 5.94. The van der Waals surface area contributed by atoms with Crippen LogP contribution < -0.4 is 11.1 Å². The largest absolute Gasteiger partial charge is 0.365 e. The number of benzene rings is 1. The summed E-state index contributed by atoms with van der Waals surface area (Å²) in [5, 5.41) is 3.85. The minimum atomic E-state index is -0.483. The molecule has 0 aliphatic heterocycles. The van der Waals surface area contributed by atoms with Crippen LogP contribution in [0.2, 0.25) is 0 Å². The highest BCUT2D eigenvalue weighted by Crippen LogP contribution is 2.34. The molecule has 0 unspecified atom stereocenters. The lowest BCUT2D eigenvalue weighted by molar-refractivity contribution is 0.100. The number of primary amides is 1. The number of carbonyl (C=O) groups excluding carboxylic acids is 1. The standard InChI is InChI=1S/C14H11FN4OS/c1-7-10-13(19-9-4-2-8(15)3-5-9)17-6-18-14(10)21-11(7)12(16)20/h2-6H,1H3,(H2,16,20)(H,17,18,19). The van der Waals surface area contributed by atoms with Gasteiger partial charge in [-0.2, -0.15) is 0 Å². The predicted molar refractivity (Wildman–Crippen MR) is 80.4 cm³/mol. The highest BCUT2D eigenvalue weighted by Gasteiger charge is 2.17. The van der Waals surface area contributed by atoms with Crippen LogP contribution in [0.15, 0.2) is 30.6 Å². The number of anilines is 2.